The van der Waals surface area contributed by atoms with Crippen LogP contribution in [0.1, 0.15) is 30.5 Å². The number of hydrogen-bond acceptors (Lipinski definition) is 4. The zero-order valence-corrected chi connectivity index (χ0v) is 18.9. The average Bonchev–Trinajstić information content (AvgIpc) is 3.10. The van der Waals surface area contributed by atoms with E-state index in [1.165, 1.54) is 0 Å². The molecule has 3 rings (SSSR count). The van der Waals surface area contributed by atoms with Crippen LogP contribution in [0.25, 0.3) is 5.76 Å². The van der Waals surface area contributed by atoms with Crippen molar-refractivity contribution >= 4 is 34.6 Å². The summed E-state index contributed by atoms with van der Waals surface area (Å²) in [6, 6.07) is 11.7. The predicted octanol–water partition coefficient (Wildman–Crippen LogP) is 7.45. The number of benzene rings is 2. The normalized spacial score (nSPS) is 15.4. The van der Waals surface area contributed by atoms with Crippen molar-refractivity contribution in [2.45, 2.75) is 32.7 Å². The number of rotatable bonds is 8. The zero-order chi connectivity index (χ0) is 21.8. The van der Waals surface area contributed by atoms with E-state index < -0.39 is 0 Å². The molecule has 1 aliphatic heterocycles. The van der Waals surface area contributed by atoms with Crippen LogP contribution in [-0.4, -0.2) is 13.2 Å². The summed E-state index contributed by atoms with van der Waals surface area (Å²) in [6.07, 6.45) is 1.57. The van der Waals surface area contributed by atoms with Crippen LogP contribution in [0, 0.1) is 0 Å². The second kappa shape index (κ2) is 9.50. The molecule has 2 aromatic rings. The van der Waals surface area contributed by atoms with Gasteiger partial charge in [0, 0.05) is 17.7 Å². The summed E-state index contributed by atoms with van der Waals surface area (Å²) in [5.41, 5.74) is 6.72. The third-order valence-electron chi connectivity index (χ3n) is 5.20. The molecule has 0 amide bonds. The van der Waals surface area contributed by atoms with Crippen molar-refractivity contribution < 1.29 is 4.74 Å². The molecular weight excluding hydrogens is 417 g/mol. The smallest absolute Gasteiger partial charge is 0.119 e. The van der Waals surface area contributed by atoms with Crippen molar-refractivity contribution in [1.82, 2.24) is 0 Å². The summed E-state index contributed by atoms with van der Waals surface area (Å²) < 4.78 is 5.29. The summed E-state index contributed by atoms with van der Waals surface area (Å²) in [6.45, 7) is 12.3. The summed E-state index contributed by atoms with van der Waals surface area (Å²) in [4.78, 5) is 0. The third-order valence-corrected chi connectivity index (χ3v) is 5.94. The lowest BCUT2D eigenvalue weighted by Crippen LogP contribution is -2.09. The number of ether oxygens (including phenoxy) is 1. The van der Waals surface area contributed by atoms with E-state index in [1.54, 1.807) is 13.2 Å². The second-order valence-electron chi connectivity index (χ2n) is 7.17. The van der Waals surface area contributed by atoms with E-state index in [0.717, 1.165) is 40.1 Å². The van der Waals surface area contributed by atoms with Gasteiger partial charge in [0.1, 0.15) is 11.5 Å². The van der Waals surface area contributed by atoms with E-state index >= 15 is 0 Å². The van der Waals surface area contributed by atoms with E-state index in [2.05, 4.69) is 41.7 Å². The van der Waals surface area contributed by atoms with Crippen LogP contribution >= 0.6 is 23.2 Å². The van der Waals surface area contributed by atoms with Crippen molar-refractivity contribution in [3.8, 4) is 0 Å². The van der Waals surface area contributed by atoms with Crippen LogP contribution in [0.5, 0.6) is 0 Å². The molecule has 6 heteroatoms. The summed E-state index contributed by atoms with van der Waals surface area (Å²) >= 11 is 12.1. The van der Waals surface area contributed by atoms with Crippen molar-refractivity contribution in [2.75, 3.05) is 12.4 Å². The lowest BCUT2D eigenvalue weighted by atomic mass is 9.99. The Morgan fingerprint density at radius 3 is 2.57 bits per heavy atom. The Morgan fingerprint density at radius 1 is 1.13 bits per heavy atom. The van der Waals surface area contributed by atoms with Crippen LogP contribution in [0.4, 0.5) is 5.69 Å². The highest BCUT2D eigenvalue weighted by atomic mass is 35.5. The number of methoxy groups -OCH3 is 1. The molecule has 0 saturated carbocycles. The maximum atomic E-state index is 6.13. The van der Waals surface area contributed by atoms with Crippen molar-refractivity contribution in [3.05, 3.63) is 93.3 Å². The van der Waals surface area contributed by atoms with E-state index in [1.807, 2.05) is 31.2 Å². The molecule has 1 atom stereocenters. The monoisotopic (exact) mass is 441 g/mol. The first kappa shape index (κ1) is 22.1. The van der Waals surface area contributed by atoms with E-state index in [-0.39, 0.29) is 6.04 Å². The molecule has 0 radical (unpaired) electrons. The highest BCUT2D eigenvalue weighted by Gasteiger charge is 2.23. The van der Waals surface area contributed by atoms with Gasteiger partial charge in [-0.15, -0.1) is 0 Å². The quantitative estimate of drug-likeness (QED) is 0.432. The average molecular weight is 442 g/mol. The van der Waals surface area contributed by atoms with E-state index in [4.69, 9.17) is 27.9 Å². The van der Waals surface area contributed by atoms with Gasteiger partial charge in [-0.1, -0.05) is 49.3 Å². The lowest BCUT2D eigenvalue weighted by molar-refractivity contribution is 0.371. The number of azo groups is 1. The minimum absolute atomic E-state index is 0.0469. The minimum atomic E-state index is -0.0469. The fraction of sp³-hybridized carbons (Fsp3) is 0.250. The van der Waals surface area contributed by atoms with Gasteiger partial charge < -0.3 is 10.1 Å². The van der Waals surface area contributed by atoms with Crippen LogP contribution in [0.3, 0.4) is 0 Å². The molecule has 0 fully saturated rings. The first-order valence-electron chi connectivity index (χ1n) is 9.72. The van der Waals surface area contributed by atoms with Crippen molar-refractivity contribution in [3.63, 3.8) is 0 Å². The number of hydrogen-bond donors (Lipinski definition) is 1. The molecule has 0 aliphatic carbocycles. The largest absolute Gasteiger partial charge is 0.497 e. The molecule has 0 saturated heterocycles. The fourth-order valence-electron chi connectivity index (χ4n) is 3.41. The number of halogens is 2. The zero-order valence-electron chi connectivity index (χ0n) is 17.4. The molecule has 1 heterocycles. The Hall–Kier alpha value is -2.56. The summed E-state index contributed by atoms with van der Waals surface area (Å²) in [7, 11) is 1.63. The maximum absolute atomic E-state index is 6.13. The van der Waals surface area contributed by atoms with Gasteiger partial charge in [-0.05, 0) is 60.4 Å². The van der Waals surface area contributed by atoms with Crippen molar-refractivity contribution in [1.29, 1.82) is 0 Å². The molecule has 4 nitrogen and oxygen atoms in total. The first-order chi connectivity index (χ1) is 14.3. The molecule has 1 aliphatic rings. The van der Waals surface area contributed by atoms with Gasteiger partial charge in [0.05, 0.1) is 28.9 Å². The van der Waals surface area contributed by atoms with Gasteiger partial charge in [-0.25, -0.2) is 0 Å². The molecule has 0 bridgehead atoms. The Labute approximate surface area is 188 Å². The summed E-state index contributed by atoms with van der Waals surface area (Å²) in [5, 5.41) is 13.3. The molecule has 30 heavy (non-hydrogen) atoms. The molecule has 2 aromatic carbocycles. The van der Waals surface area contributed by atoms with Crippen molar-refractivity contribution in [2.24, 2.45) is 10.2 Å². The maximum Gasteiger partial charge on any atom is 0.119 e. The van der Waals surface area contributed by atoms with Gasteiger partial charge in [0.15, 0.2) is 0 Å². The predicted molar refractivity (Wildman–Crippen MR) is 126 cm³/mol. The highest BCUT2D eigenvalue weighted by molar-refractivity contribution is 6.42. The molecule has 0 spiro atoms. The van der Waals surface area contributed by atoms with Crippen LogP contribution < -0.4 is 5.32 Å². The number of nitrogens with zero attached hydrogens (tertiary/aromatic N) is 2. The molecule has 156 valence electrons. The Kier molecular flexibility index (Phi) is 7.01. The molecule has 0 aromatic heterocycles. The molecular formula is C24H25Cl2N3O. The minimum Gasteiger partial charge on any atom is -0.497 e. The van der Waals surface area contributed by atoms with Gasteiger partial charge in [-0.3, -0.25) is 0 Å². The van der Waals surface area contributed by atoms with Gasteiger partial charge in [0.25, 0.3) is 0 Å². The fourth-order valence-corrected chi connectivity index (χ4v) is 3.73. The van der Waals surface area contributed by atoms with Gasteiger partial charge >= 0.3 is 0 Å². The molecule has 1 N–H and O–H groups in total. The third kappa shape index (κ3) is 4.77. The summed E-state index contributed by atoms with van der Waals surface area (Å²) in [5.74, 6) is 0.658. The topological polar surface area (TPSA) is 46.0 Å². The molecule has 1 unspecified atom stereocenters. The Morgan fingerprint density at radius 2 is 1.90 bits per heavy atom. The van der Waals surface area contributed by atoms with Crippen LogP contribution in [0.15, 0.2) is 76.8 Å². The van der Waals surface area contributed by atoms with E-state index in [0.29, 0.717) is 27.9 Å². The first-order valence-corrected chi connectivity index (χ1v) is 10.5. The van der Waals surface area contributed by atoms with Gasteiger partial charge in [-0.2, -0.15) is 10.2 Å². The number of aryl methyl sites for hydroxylation is 1. The highest BCUT2D eigenvalue weighted by Crippen LogP contribution is 2.31. The van der Waals surface area contributed by atoms with Crippen LogP contribution in [0.2, 0.25) is 10.0 Å². The standard InChI is InChI=1S/C24H25Cl2N3O/c1-6-18-13-19(8-9-20(18)16(4)30-5)27-15(3)24-14(2)23(28-29-24)12-17-7-10-21(25)22(26)11-17/h7-11,13,23,27H,3-4,6,12H2,1-2,5H3. The Balaban J connectivity index is 1.74. The second-order valence-corrected chi connectivity index (χ2v) is 7.99. The van der Waals surface area contributed by atoms with Gasteiger partial charge in [0.2, 0.25) is 0 Å². The lowest BCUT2D eigenvalue weighted by Gasteiger charge is -2.15. The Bertz CT molecular complexity index is 1060. The van der Waals surface area contributed by atoms with Crippen LogP contribution in [-0.2, 0) is 17.6 Å². The number of nitrogens with one attached hydrogen (secondary N) is 1. The SMILES string of the molecule is C=C(Nc1ccc(C(=C)OC)c(CC)c1)C1=C(C)C(Cc2ccc(Cl)c(Cl)c2)N=N1. The number of anilines is 1. The van der Waals surface area contributed by atoms with E-state index in [9.17, 15) is 0 Å².